The van der Waals surface area contributed by atoms with E-state index in [4.69, 9.17) is 9.47 Å². The molecule has 2 aromatic carbocycles. The molecule has 0 aromatic heterocycles. The molecule has 1 atom stereocenters. The van der Waals surface area contributed by atoms with Crippen LogP contribution in [-0.2, 0) is 26.6 Å². The molecule has 1 unspecified atom stereocenters. The molecule has 124 valence electrons. The lowest BCUT2D eigenvalue weighted by atomic mass is 9.96. The number of carbonyl (C=O) groups excluding carboxylic acids is 1. The predicted octanol–water partition coefficient (Wildman–Crippen LogP) is 4.65. The first-order valence-corrected chi connectivity index (χ1v) is 8.77. The lowest BCUT2D eigenvalue weighted by Crippen LogP contribution is -2.14. The average molecular weight is 340 g/mol. The second kappa shape index (κ2) is 7.24. The lowest BCUT2D eigenvalue weighted by molar-refractivity contribution is -0.142. The third-order valence-electron chi connectivity index (χ3n) is 3.97. The molecule has 0 saturated carbocycles. The van der Waals surface area contributed by atoms with Gasteiger partial charge in [-0.3, -0.25) is 0 Å². The highest BCUT2D eigenvalue weighted by Crippen LogP contribution is 2.41. The van der Waals surface area contributed by atoms with Crippen molar-refractivity contribution in [1.82, 2.24) is 0 Å². The fraction of sp³-hybridized carbons (Fsp3) is 0.250. The quantitative estimate of drug-likeness (QED) is 0.600. The van der Waals surface area contributed by atoms with Gasteiger partial charge in [-0.25, -0.2) is 4.79 Å². The molecule has 3 rings (SSSR count). The van der Waals surface area contributed by atoms with Crippen LogP contribution in [0.3, 0.4) is 0 Å². The van der Waals surface area contributed by atoms with Crippen LogP contribution in [0, 0.1) is 0 Å². The Bertz CT molecular complexity index is 782. The number of thioether (sulfide) groups is 1. The number of esters is 1. The van der Waals surface area contributed by atoms with Crippen LogP contribution in [0.25, 0.3) is 0 Å². The fourth-order valence-electron chi connectivity index (χ4n) is 2.76. The van der Waals surface area contributed by atoms with Gasteiger partial charge in [0.05, 0.1) is 6.61 Å². The average Bonchev–Trinajstić information content (AvgIpc) is 2.73. The number of carbonyl (C=O) groups is 1. The van der Waals surface area contributed by atoms with Gasteiger partial charge in [-0.05, 0) is 24.1 Å². The Labute approximate surface area is 146 Å². The summed E-state index contributed by atoms with van der Waals surface area (Å²) < 4.78 is 11.0. The van der Waals surface area contributed by atoms with Crippen molar-refractivity contribution in [2.24, 2.45) is 0 Å². The van der Waals surface area contributed by atoms with Crippen LogP contribution in [0.1, 0.15) is 35.3 Å². The monoisotopic (exact) mass is 340 g/mol. The van der Waals surface area contributed by atoms with Crippen molar-refractivity contribution in [3.63, 3.8) is 0 Å². The minimum atomic E-state index is -0.410. The Kier molecular flexibility index (Phi) is 5.07. The molecule has 1 aliphatic rings. The van der Waals surface area contributed by atoms with Crippen LogP contribution in [0.2, 0.25) is 0 Å². The number of rotatable bonds is 4. The molecule has 0 spiro atoms. The lowest BCUT2D eigenvalue weighted by Gasteiger charge is -2.21. The zero-order valence-electron chi connectivity index (χ0n) is 13.9. The molecular weight excluding hydrogens is 320 g/mol. The summed E-state index contributed by atoms with van der Waals surface area (Å²) in [4.78, 5) is 13.3. The number of hydrogen-bond donors (Lipinski definition) is 0. The van der Waals surface area contributed by atoms with Gasteiger partial charge in [0.25, 0.3) is 0 Å². The molecule has 0 amide bonds. The topological polar surface area (TPSA) is 35.5 Å². The van der Waals surface area contributed by atoms with Crippen LogP contribution in [-0.4, -0.2) is 13.1 Å². The van der Waals surface area contributed by atoms with E-state index in [-0.39, 0.29) is 5.97 Å². The Hall–Kier alpha value is -2.04. The fourth-order valence-corrected chi connectivity index (χ4v) is 3.91. The Morgan fingerprint density at radius 1 is 1.25 bits per heavy atom. The first kappa shape index (κ1) is 16.8. The van der Waals surface area contributed by atoms with Gasteiger partial charge in [0.2, 0.25) is 0 Å². The summed E-state index contributed by atoms with van der Waals surface area (Å²) in [6, 6.07) is 14.3. The van der Waals surface area contributed by atoms with Gasteiger partial charge < -0.3 is 9.47 Å². The van der Waals surface area contributed by atoms with Crippen molar-refractivity contribution in [2.75, 3.05) is 7.11 Å². The summed E-state index contributed by atoms with van der Waals surface area (Å²) in [5.41, 5.74) is 4.75. The standard InChI is InChI=1S/C20H20O3S/c1-13(2)20(21)23-19-16-7-5-4-6-15(16)12-24-18-10-14(11-22-3)8-9-17(18)19/h4-10,19H,1,11-12H2,2-3H3. The van der Waals surface area contributed by atoms with Crippen LogP contribution in [0.5, 0.6) is 0 Å². The Morgan fingerprint density at radius 3 is 2.79 bits per heavy atom. The van der Waals surface area contributed by atoms with Gasteiger partial charge in [-0.1, -0.05) is 43.0 Å². The van der Waals surface area contributed by atoms with Crippen molar-refractivity contribution in [1.29, 1.82) is 0 Å². The maximum Gasteiger partial charge on any atom is 0.334 e. The van der Waals surface area contributed by atoms with E-state index in [1.807, 2.05) is 30.3 Å². The van der Waals surface area contributed by atoms with E-state index < -0.39 is 6.10 Å². The van der Waals surface area contributed by atoms with E-state index in [0.717, 1.165) is 27.3 Å². The molecule has 1 aliphatic heterocycles. The number of fused-ring (bicyclic) bond motifs is 2. The van der Waals surface area contributed by atoms with Crippen molar-refractivity contribution in [3.8, 4) is 0 Å². The summed E-state index contributed by atoms with van der Waals surface area (Å²) in [5.74, 6) is 0.481. The molecule has 0 saturated heterocycles. The molecule has 4 heteroatoms. The SMILES string of the molecule is C=C(C)C(=O)OC1c2ccccc2CSc2cc(COC)ccc21. The van der Waals surface area contributed by atoms with Crippen LogP contribution in [0.15, 0.2) is 59.5 Å². The molecule has 2 aromatic rings. The van der Waals surface area contributed by atoms with Gasteiger partial charge in [0.15, 0.2) is 6.10 Å². The molecule has 0 aliphatic carbocycles. The Balaban J connectivity index is 2.07. The van der Waals surface area contributed by atoms with Crippen molar-refractivity contribution >= 4 is 17.7 Å². The molecule has 0 bridgehead atoms. The maximum atomic E-state index is 12.2. The third-order valence-corrected chi connectivity index (χ3v) is 5.09. The largest absolute Gasteiger partial charge is 0.449 e. The number of hydrogen-bond acceptors (Lipinski definition) is 4. The minimum Gasteiger partial charge on any atom is -0.449 e. The van der Waals surface area contributed by atoms with E-state index in [1.54, 1.807) is 25.8 Å². The molecule has 3 nitrogen and oxygen atoms in total. The van der Waals surface area contributed by atoms with Gasteiger partial charge in [0.1, 0.15) is 0 Å². The number of methoxy groups -OCH3 is 1. The van der Waals surface area contributed by atoms with Crippen molar-refractivity contribution < 1.29 is 14.3 Å². The zero-order chi connectivity index (χ0) is 17.1. The molecule has 0 radical (unpaired) electrons. The van der Waals surface area contributed by atoms with E-state index in [2.05, 4.69) is 18.7 Å². The molecular formula is C20H20O3S. The van der Waals surface area contributed by atoms with Crippen LogP contribution < -0.4 is 0 Å². The molecule has 0 fully saturated rings. The highest BCUT2D eigenvalue weighted by molar-refractivity contribution is 7.98. The Morgan fingerprint density at radius 2 is 2.04 bits per heavy atom. The second-order valence-electron chi connectivity index (χ2n) is 5.86. The third kappa shape index (κ3) is 3.40. The van der Waals surface area contributed by atoms with Gasteiger partial charge in [0, 0.05) is 34.5 Å². The summed E-state index contributed by atoms with van der Waals surface area (Å²) in [6.45, 7) is 5.93. The summed E-state index contributed by atoms with van der Waals surface area (Å²) in [5, 5.41) is 0. The maximum absolute atomic E-state index is 12.2. The van der Waals surface area contributed by atoms with Crippen molar-refractivity contribution in [2.45, 2.75) is 30.3 Å². The highest BCUT2D eigenvalue weighted by atomic mass is 32.2. The molecule has 1 heterocycles. The van der Waals surface area contributed by atoms with Crippen molar-refractivity contribution in [3.05, 3.63) is 76.9 Å². The summed E-state index contributed by atoms with van der Waals surface area (Å²) >= 11 is 1.76. The minimum absolute atomic E-state index is 0.367. The number of benzene rings is 2. The summed E-state index contributed by atoms with van der Waals surface area (Å²) in [6.07, 6.45) is -0.410. The van der Waals surface area contributed by atoms with Gasteiger partial charge >= 0.3 is 5.97 Å². The molecule has 24 heavy (non-hydrogen) atoms. The van der Waals surface area contributed by atoms with E-state index in [9.17, 15) is 4.79 Å². The first-order chi connectivity index (χ1) is 11.6. The smallest absolute Gasteiger partial charge is 0.334 e. The van der Waals surface area contributed by atoms with Gasteiger partial charge in [-0.2, -0.15) is 0 Å². The second-order valence-corrected chi connectivity index (χ2v) is 6.88. The number of ether oxygens (including phenoxy) is 2. The van der Waals surface area contributed by atoms with Crippen LogP contribution in [0.4, 0.5) is 0 Å². The molecule has 0 N–H and O–H groups in total. The van der Waals surface area contributed by atoms with E-state index in [1.165, 1.54) is 5.56 Å². The van der Waals surface area contributed by atoms with E-state index >= 15 is 0 Å². The zero-order valence-corrected chi connectivity index (χ0v) is 14.7. The highest BCUT2D eigenvalue weighted by Gasteiger charge is 2.27. The summed E-state index contributed by atoms with van der Waals surface area (Å²) in [7, 11) is 1.69. The predicted molar refractivity (Wildman–Crippen MR) is 95.9 cm³/mol. The van der Waals surface area contributed by atoms with Crippen LogP contribution >= 0.6 is 11.8 Å². The van der Waals surface area contributed by atoms with E-state index in [0.29, 0.717) is 12.2 Å². The normalized spacial score (nSPS) is 15.8. The van der Waals surface area contributed by atoms with Gasteiger partial charge in [-0.15, -0.1) is 11.8 Å². The first-order valence-electron chi connectivity index (χ1n) is 7.79.